The highest BCUT2D eigenvalue weighted by Gasteiger charge is 2.36. The Bertz CT molecular complexity index is 1630. The molecule has 0 spiro atoms. The summed E-state index contributed by atoms with van der Waals surface area (Å²) in [6, 6.07) is 13.5. The van der Waals surface area contributed by atoms with Crippen LogP contribution in [0.2, 0.25) is 0 Å². The zero-order valence-electron chi connectivity index (χ0n) is 26.8. The van der Waals surface area contributed by atoms with E-state index in [0.717, 1.165) is 36.0 Å². The minimum atomic E-state index is -4.13. The average Bonchev–Trinajstić information content (AvgIpc) is 2.92. The van der Waals surface area contributed by atoms with E-state index in [1.165, 1.54) is 12.1 Å². The molecule has 0 saturated carbocycles. The van der Waals surface area contributed by atoms with Gasteiger partial charge in [-0.1, -0.05) is 45.0 Å². The Balaban J connectivity index is 1.64. The standard InChI is InChI=1S/C34H44N4O5S/c1-22-11-8-12-23(2)30(22)28-18-29-36-32(35-28)37-44(40,41)27-15-9-13-24(17-27)31(39)38(25(21-42-29)19-33(3,4)5)20-26-14-10-16-34(6,7)43-26/h8-9,11-13,15,17-18,25-26H,10,14,16,19-21H2,1-7H3,(H,35,36,37)/t25-,26?/m1/s1. The third-order valence-corrected chi connectivity index (χ3v) is 9.55. The van der Waals surface area contributed by atoms with Crippen molar-refractivity contribution >= 4 is 21.9 Å². The van der Waals surface area contributed by atoms with Gasteiger partial charge in [0.25, 0.3) is 15.9 Å². The number of aromatic nitrogens is 2. The molecule has 1 aromatic heterocycles. The smallest absolute Gasteiger partial charge is 0.264 e. The number of hydrogen-bond acceptors (Lipinski definition) is 7. The molecule has 3 aromatic rings. The van der Waals surface area contributed by atoms with Gasteiger partial charge in [0.2, 0.25) is 11.8 Å². The number of sulfonamides is 1. The van der Waals surface area contributed by atoms with Gasteiger partial charge in [0.05, 0.1) is 28.3 Å². The van der Waals surface area contributed by atoms with Crippen molar-refractivity contribution in [2.75, 3.05) is 17.9 Å². The molecule has 0 radical (unpaired) electrons. The minimum absolute atomic E-state index is 0.0477. The van der Waals surface area contributed by atoms with Crippen LogP contribution < -0.4 is 9.46 Å². The molecular weight excluding hydrogens is 576 g/mol. The number of hydrogen-bond donors (Lipinski definition) is 1. The Morgan fingerprint density at radius 1 is 1.05 bits per heavy atom. The lowest BCUT2D eigenvalue weighted by Crippen LogP contribution is -2.51. The van der Waals surface area contributed by atoms with Crippen molar-refractivity contribution in [1.29, 1.82) is 0 Å². The summed E-state index contributed by atoms with van der Waals surface area (Å²) < 4.78 is 42.6. The Morgan fingerprint density at radius 3 is 2.43 bits per heavy atom. The molecule has 236 valence electrons. The molecule has 3 heterocycles. The van der Waals surface area contributed by atoms with E-state index in [-0.39, 0.29) is 58.0 Å². The molecule has 0 aliphatic carbocycles. The monoisotopic (exact) mass is 620 g/mol. The number of ether oxygens (including phenoxy) is 2. The minimum Gasteiger partial charge on any atom is -0.475 e. The summed E-state index contributed by atoms with van der Waals surface area (Å²) in [6.07, 6.45) is 3.29. The SMILES string of the molecule is Cc1cccc(C)c1-c1cc2nc(n1)NS(=O)(=O)c1cccc(c1)C(=O)N(CC1CCCC(C)(C)O1)[C@H](CC(C)(C)C)CO2. The van der Waals surface area contributed by atoms with Gasteiger partial charge in [-0.3, -0.25) is 4.79 Å². The highest BCUT2D eigenvalue weighted by Crippen LogP contribution is 2.33. The number of aryl methyl sites for hydroxylation is 2. The first kappa shape index (κ1) is 31.9. The van der Waals surface area contributed by atoms with Crippen molar-refractivity contribution in [2.45, 2.75) is 96.8 Å². The highest BCUT2D eigenvalue weighted by atomic mass is 32.2. The van der Waals surface area contributed by atoms with Crippen LogP contribution in [0.25, 0.3) is 11.3 Å². The molecule has 5 rings (SSSR count). The van der Waals surface area contributed by atoms with Crippen LogP contribution in [0.3, 0.4) is 0 Å². The van der Waals surface area contributed by atoms with Crippen LogP contribution in [0, 0.1) is 19.3 Å². The van der Waals surface area contributed by atoms with Crippen molar-refractivity contribution in [3.05, 3.63) is 65.2 Å². The van der Waals surface area contributed by atoms with Crippen molar-refractivity contribution in [2.24, 2.45) is 5.41 Å². The molecule has 1 saturated heterocycles. The molecule has 2 atom stereocenters. The van der Waals surface area contributed by atoms with Crippen LogP contribution in [-0.4, -0.2) is 60.1 Å². The van der Waals surface area contributed by atoms with E-state index in [2.05, 4.69) is 49.3 Å². The fourth-order valence-electron chi connectivity index (χ4n) is 6.25. The topological polar surface area (TPSA) is 111 Å². The second kappa shape index (κ2) is 12.1. The lowest BCUT2D eigenvalue weighted by molar-refractivity contribution is -0.116. The Morgan fingerprint density at radius 2 is 1.75 bits per heavy atom. The first-order valence-corrected chi connectivity index (χ1v) is 16.8. The zero-order valence-corrected chi connectivity index (χ0v) is 27.6. The highest BCUT2D eigenvalue weighted by molar-refractivity contribution is 7.92. The number of carbonyl (C=O) groups excluding carboxylic acids is 1. The van der Waals surface area contributed by atoms with Crippen LogP contribution in [-0.2, 0) is 14.8 Å². The number of rotatable bonds is 4. The summed E-state index contributed by atoms with van der Waals surface area (Å²) in [5.41, 5.74) is 3.27. The number of nitrogens with one attached hydrogen (secondary N) is 1. The number of carbonyl (C=O) groups is 1. The van der Waals surface area contributed by atoms with Gasteiger partial charge in [-0.25, -0.2) is 18.1 Å². The maximum atomic E-state index is 14.3. The summed E-state index contributed by atoms with van der Waals surface area (Å²) in [6.45, 7) is 15.1. The first-order valence-electron chi connectivity index (χ1n) is 15.3. The van der Waals surface area contributed by atoms with Crippen molar-refractivity contribution in [3.8, 4) is 17.1 Å². The van der Waals surface area contributed by atoms with Gasteiger partial charge in [-0.05, 0) is 88.1 Å². The largest absolute Gasteiger partial charge is 0.475 e. The van der Waals surface area contributed by atoms with E-state index < -0.39 is 10.0 Å². The second-order valence-electron chi connectivity index (χ2n) is 13.9. The van der Waals surface area contributed by atoms with Gasteiger partial charge in [-0.2, -0.15) is 4.98 Å². The molecule has 1 amide bonds. The molecular formula is C34H44N4O5S. The molecule has 10 heteroatoms. The summed E-state index contributed by atoms with van der Waals surface area (Å²) in [7, 11) is -4.13. The fourth-order valence-corrected chi connectivity index (χ4v) is 7.24. The van der Waals surface area contributed by atoms with Gasteiger partial charge in [0, 0.05) is 23.7 Å². The number of nitrogens with zero attached hydrogens (tertiary/aromatic N) is 3. The van der Waals surface area contributed by atoms with E-state index in [0.29, 0.717) is 18.7 Å². The van der Waals surface area contributed by atoms with Gasteiger partial charge in [0.15, 0.2) is 0 Å². The average molecular weight is 621 g/mol. The number of benzene rings is 2. The van der Waals surface area contributed by atoms with E-state index in [1.54, 1.807) is 18.2 Å². The number of anilines is 1. The first-order chi connectivity index (χ1) is 20.6. The molecule has 4 bridgehead atoms. The van der Waals surface area contributed by atoms with Gasteiger partial charge in [-0.15, -0.1) is 0 Å². The summed E-state index contributed by atoms with van der Waals surface area (Å²) in [5, 5.41) is 0. The Hall–Kier alpha value is -3.50. The molecule has 2 aliphatic heterocycles. The lowest BCUT2D eigenvalue weighted by Gasteiger charge is -2.41. The lowest BCUT2D eigenvalue weighted by atomic mass is 9.87. The Labute approximate surface area is 261 Å². The van der Waals surface area contributed by atoms with Gasteiger partial charge >= 0.3 is 0 Å². The summed E-state index contributed by atoms with van der Waals surface area (Å²) in [4.78, 5) is 25.2. The molecule has 1 fully saturated rings. The predicted octanol–water partition coefficient (Wildman–Crippen LogP) is 6.55. The normalized spacial score (nSPS) is 21.7. The van der Waals surface area contributed by atoms with E-state index in [4.69, 9.17) is 9.47 Å². The number of fused-ring (bicyclic) bond motifs is 4. The predicted molar refractivity (Wildman–Crippen MR) is 171 cm³/mol. The maximum absolute atomic E-state index is 14.3. The fraction of sp³-hybridized carbons (Fsp3) is 0.500. The van der Waals surface area contributed by atoms with Crippen LogP contribution in [0.15, 0.2) is 53.4 Å². The molecule has 2 aromatic carbocycles. The van der Waals surface area contributed by atoms with E-state index >= 15 is 0 Å². The number of amides is 1. The third-order valence-electron chi connectivity index (χ3n) is 8.22. The quantitative estimate of drug-likeness (QED) is 0.352. The molecule has 9 nitrogen and oxygen atoms in total. The van der Waals surface area contributed by atoms with Crippen molar-refractivity contribution < 1.29 is 22.7 Å². The molecule has 2 aliphatic rings. The second-order valence-corrected chi connectivity index (χ2v) is 15.6. The zero-order chi connectivity index (χ0) is 31.9. The third kappa shape index (κ3) is 7.41. The van der Waals surface area contributed by atoms with Gasteiger partial charge in [0.1, 0.15) is 6.61 Å². The summed E-state index contributed by atoms with van der Waals surface area (Å²) >= 11 is 0. The van der Waals surface area contributed by atoms with E-state index in [9.17, 15) is 13.2 Å². The van der Waals surface area contributed by atoms with Crippen LogP contribution in [0.5, 0.6) is 5.88 Å². The Kier molecular flexibility index (Phi) is 8.79. The van der Waals surface area contributed by atoms with Crippen molar-refractivity contribution in [3.63, 3.8) is 0 Å². The molecule has 1 unspecified atom stereocenters. The van der Waals surface area contributed by atoms with E-state index in [1.807, 2.05) is 36.9 Å². The van der Waals surface area contributed by atoms with Crippen LogP contribution >= 0.6 is 0 Å². The molecule has 1 N–H and O–H groups in total. The molecule has 44 heavy (non-hydrogen) atoms. The van der Waals surface area contributed by atoms with Gasteiger partial charge < -0.3 is 14.4 Å². The maximum Gasteiger partial charge on any atom is 0.264 e. The summed E-state index contributed by atoms with van der Waals surface area (Å²) in [5.74, 6) is -0.138. The van der Waals surface area contributed by atoms with Crippen LogP contribution in [0.1, 0.15) is 81.8 Å². The van der Waals surface area contributed by atoms with Crippen LogP contribution in [0.4, 0.5) is 5.95 Å². The van der Waals surface area contributed by atoms with Crippen molar-refractivity contribution in [1.82, 2.24) is 14.9 Å².